The number of carbonyl (C=O) groups excluding carboxylic acids is 1. The Hall–Kier alpha value is -0.530. The molecule has 0 aromatic carbocycles. The van der Waals surface area contributed by atoms with Crippen LogP contribution in [0.2, 0.25) is 0 Å². The minimum atomic E-state index is 0.292. The largest absolute Gasteiger partial charge is 0.339 e. The Labute approximate surface area is 92.0 Å². The van der Waals surface area contributed by atoms with Crippen molar-refractivity contribution in [3.63, 3.8) is 0 Å². The van der Waals surface area contributed by atoms with Gasteiger partial charge in [-0.1, -0.05) is 13.8 Å². The van der Waals surface area contributed by atoms with Gasteiger partial charge in [-0.25, -0.2) is 0 Å². The number of amides is 1. The summed E-state index contributed by atoms with van der Waals surface area (Å²) in [5, 5.41) is 0. The molecule has 3 atom stereocenters. The molecule has 0 radical (unpaired) electrons. The lowest BCUT2D eigenvalue weighted by Gasteiger charge is -2.38. The van der Waals surface area contributed by atoms with Gasteiger partial charge in [0.05, 0.1) is 0 Å². The molecular weight excluding hydrogens is 186 g/mol. The van der Waals surface area contributed by atoms with Crippen LogP contribution in [0.4, 0.5) is 0 Å². The maximum Gasteiger partial charge on any atom is 0.219 e. The quantitative estimate of drug-likeness (QED) is 0.597. The smallest absolute Gasteiger partial charge is 0.219 e. The highest BCUT2D eigenvalue weighted by Crippen LogP contribution is 2.70. The summed E-state index contributed by atoms with van der Waals surface area (Å²) in [6.07, 6.45) is 5.28. The molecule has 1 saturated heterocycles. The van der Waals surface area contributed by atoms with Crippen LogP contribution < -0.4 is 0 Å². The molecule has 3 aliphatic rings. The molecule has 3 rings (SSSR count). The van der Waals surface area contributed by atoms with Crippen LogP contribution in [0.25, 0.3) is 0 Å². The molecule has 3 fully saturated rings. The molecule has 1 heterocycles. The second-order valence-corrected chi connectivity index (χ2v) is 6.33. The maximum absolute atomic E-state index is 11.6. The Kier molecular flexibility index (Phi) is 1.67. The van der Waals surface area contributed by atoms with Crippen LogP contribution in [0.5, 0.6) is 0 Å². The van der Waals surface area contributed by atoms with E-state index >= 15 is 0 Å². The van der Waals surface area contributed by atoms with Gasteiger partial charge in [-0.15, -0.1) is 0 Å². The number of hydrogen-bond acceptors (Lipinski definition) is 1. The third kappa shape index (κ3) is 0.896. The van der Waals surface area contributed by atoms with Crippen molar-refractivity contribution in [2.75, 3.05) is 6.54 Å². The van der Waals surface area contributed by atoms with E-state index < -0.39 is 0 Å². The molecule has 1 amide bonds. The molecule has 2 heteroatoms. The standard InChI is InChI=1S/C13H21NO/c1-9(15)14-7-6-13-5-4-10(8-11(13)14)12(13,2)3/h10-11H,4-8H2,1-3H3/t10-,11-,13-/m0/s1. The molecule has 0 N–H and O–H groups in total. The van der Waals surface area contributed by atoms with Gasteiger partial charge in [0, 0.05) is 19.5 Å². The second kappa shape index (κ2) is 2.58. The van der Waals surface area contributed by atoms with E-state index in [4.69, 9.17) is 0 Å². The number of rotatable bonds is 0. The highest BCUT2D eigenvalue weighted by Gasteiger charge is 2.67. The number of carbonyl (C=O) groups is 1. The van der Waals surface area contributed by atoms with Crippen molar-refractivity contribution >= 4 is 5.91 Å². The van der Waals surface area contributed by atoms with E-state index in [9.17, 15) is 4.79 Å². The molecule has 0 aromatic rings. The van der Waals surface area contributed by atoms with E-state index in [1.54, 1.807) is 6.92 Å². The van der Waals surface area contributed by atoms with Crippen molar-refractivity contribution in [2.45, 2.75) is 52.5 Å². The summed E-state index contributed by atoms with van der Waals surface area (Å²) >= 11 is 0. The Morgan fingerprint density at radius 1 is 1.33 bits per heavy atom. The van der Waals surface area contributed by atoms with E-state index in [1.807, 2.05) is 0 Å². The van der Waals surface area contributed by atoms with Crippen LogP contribution in [0.15, 0.2) is 0 Å². The van der Waals surface area contributed by atoms with Crippen LogP contribution in [-0.4, -0.2) is 23.4 Å². The molecule has 1 spiro atoms. The first-order valence-corrected chi connectivity index (χ1v) is 6.26. The summed E-state index contributed by atoms with van der Waals surface area (Å²) < 4.78 is 0. The monoisotopic (exact) mass is 207 g/mol. The lowest BCUT2D eigenvalue weighted by atomic mass is 9.67. The van der Waals surface area contributed by atoms with Gasteiger partial charge in [-0.3, -0.25) is 4.79 Å². The fraction of sp³-hybridized carbons (Fsp3) is 0.923. The van der Waals surface area contributed by atoms with Gasteiger partial charge >= 0.3 is 0 Å². The van der Waals surface area contributed by atoms with Gasteiger partial charge in [0.2, 0.25) is 5.91 Å². The van der Waals surface area contributed by atoms with Gasteiger partial charge in [0.25, 0.3) is 0 Å². The highest BCUT2D eigenvalue weighted by atomic mass is 16.2. The van der Waals surface area contributed by atoms with Crippen LogP contribution in [0.3, 0.4) is 0 Å². The van der Waals surface area contributed by atoms with Gasteiger partial charge in [0.1, 0.15) is 0 Å². The summed E-state index contributed by atoms with van der Waals surface area (Å²) in [4.78, 5) is 13.8. The molecule has 15 heavy (non-hydrogen) atoms. The first-order valence-electron chi connectivity index (χ1n) is 6.26. The van der Waals surface area contributed by atoms with Gasteiger partial charge in [-0.2, -0.15) is 0 Å². The second-order valence-electron chi connectivity index (χ2n) is 6.33. The molecule has 1 aliphatic heterocycles. The van der Waals surface area contributed by atoms with Crippen molar-refractivity contribution in [2.24, 2.45) is 16.7 Å². The summed E-state index contributed by atoms with van der Waals surface area (Å²) in [6.45, 7) is 7.62. The van der Waals surface area contributed by atoms with Crippen molar-refractivity contribution in [3.8, 4) is 0 Å². The number of hydrogen-bond donors (Lipinski definition) is 0. The maximum atomic E-state index is 11.6. The van der Waals surface area contributed by atoms with E-state index in [-0.39, 0.29) is 0 Å². The third-order valence-electron chi connectivity index (χ3n) is 5.97. The zero-order chi connectivity index (χ0) is 10.8. The Bertz CT molecular complexity index is 322. The van der Waals surface area contributed by atoms with E-state index in [2.05, 4.69) is 18.7 Å². The zero-order valence-electron chi connectivity index (χ0n) is 10.0. The topological polar surface area (TPSA) is 20.3 Å². The minimum Gasteiger partial charge on any atom is -0.339 e. The average molecular weight is 207 g/mol. The number of likely N-dealkylation sites (tertiary alicyclic amines) is 1. The van der Waals surface area contributed by atoms with Crippen LogP contribution in [-0.2, 0) is 4.79 Å². The Balaban J connectivity index is 2.00. The molecular formula is C13H21NO. The zero-order valence-corrected chi connectivity index (χ0v) is 10.0. The Morgan fingerprint density at radius 3 is 2.67 bits per heavy atom. The molecule has 2 bridgehead atoms. The molecule has 2 aliphatic carbocycles. The predicted octanol–water partition coefficient (Wildman–Crippen LogP) is 2.43. The molecule has 84 valence electrons. The minimum absolute atomic E-state index is 0.292. The van der Waals surface area contributed by atoms with Crippen LogP contribution in [0, 0.1) is 16.7 Å². The third-order valence-corrected chi connectivity index (χ3v) is 5.97. The van der Waals surface area contributed by atoms with Crippen LogP contribution >= 0.6 is 0 Å². The summed E-state index contributed by atoms with van der Waals surface area (Å²) in [6, 6.07) is 0.573. The van der Waals surface area contributed by atoms with E-state index in [1.165, 1.54) is 25.7 Å². The van der Waals surface area contributed by atoms with Gasteiger partial charge < -0.3 is 4.90 Å². The highest BCUT2D eigenvalue weighted by molar-refractivity contribution is 5.74. The van der Waals surface area contributed by atoms with E-state index in [0.29, 0.717) is 22.8 Å². The summed E-state index contributed by atoms with van der Waals surface area (Å²) in [5.41, 5.74) is 0.950. The van der Waals surface area contributed by atoms with Crippen molar-refractivity contribution in [3.05, 3.63) is 0 Å². The fourth-order valence-corrected chi connectivity index (χ4v) is 4.92. The molecule has 0 aromatic heterocycles. The van der Waals surface area contributed by atoms with Crippen LogP contribution in [0.1, 0.15) is 46.5 Å². The van der Waals surface area contributed by atoms with Crippen molar-refractivity contribution in [1.82, 2.24) is 4.90 Å². The molecule has 0 unspecified atom stereocenters. The van der Waals surface area contributed by atoms with Gasteiger partial charge in [-0.05, 0) is 42.4 Å². The first kappa shape index (κ1) is 9.68. The van der Waals surface area contributed by atoms with E-state index in [0.717, 1.165) is 12.5 Å². The first-order chi connectivity index (χ1) is 6.99. The molecule has 2 saturated carbocycles. The normalized spacial score (nSPS) is 45.9. The lowest BCUT2D eigenvalue weighted by Crippen LogP contribution is -2.42. The van der Waals surface area contributed by atoms with Crippen molar-refractivity contribution < 1.29 is 4.79 Å². The number of nitrogens with zero attached hydrogens (tertiary/aromatic N) is 1. The summed E-state index contributed by atoms with van der Waals surface area (Å²) in [5.74, 6) is 1.16. The number of fused-ring (bicyclic) bond motifs is 1. The SMILES string of the molecule is CC(=O)N1CC[C@@]23CC[C@@H](C[C@H]12)C3(C)C. The van der Waals surface area contributed by atoms with Crippen molar-refractivity contribution in [1.29, 1.82) is 0 Å². The lowest BCUT2D eigenvalue weighted by molar-refractivity contribution is -0.130. The average Bonchev–Trinajstić information content (AvgIpc) is 2.72. The van der Waals surface area contributed by atoms with Gasteiger partial charge in [0.15, 0.2) is 0 Å². The predicted molar refractivity (Wildman–Crippen MR) is 59.3 cm³/mol. The molecule has 2 nitrogen and oxygen atoms in total. The fourth-order valence-electron chi connectivity index (χ4n) is 4.92. The summed E-state index contributed by atoms with van der Waals surface area (Å²) in [7, 11) is 0. The Morgan fingerprint density at radius 2 is 2.07 bits per heavy atom.